The minimum Gasteiger partial charge on any atom is -0.507 e. The maximum absolute atomic E-state index is 12.5. The number of fused-ring (bicyclic) bond motifs is 1. The molecular weight excluding hydrogens is 274 g/mol. The van der Waals surface area contributed by atoms with Crippen LogP contribution >= 0.6 is 0 Å². The summed E-state index contributed by atoms with van der Waals surface area (Å²) in [6, 6.07) is 6.45. The SMILES string of the molecule is CC(=O)c1c(O)cc(C)n(-c2ccc3c(c2)OCO3)c1=O. The van der Waals surface area contributed by atoms with Crippen molar-refractivity contribution in [1.82, 2.24) is 4.57 Å². The molecule has 1 aromatic carbocycles. The molecule has 0 saturated carbocycles. The van der Waals surface area contributed by atoms with Crippen molar-refractivity contribution in [1.29, 1.82) is 0 Å². The summed E-state index contributed by atoms with van der Waals surface area (Å²) in [6.45, 7) is 3.06. The number of hydrogen-bond donors (Lipinski definition) is 1. The van der Waals surface area contributed by atoms with Gasteiger partial charge in [-0.1, -0.05) is 0 Å². The Morgan fingerprint density at radius 1 is 1.24 bits per heavy atom. The van der Waals surface area contributed by atoms with Crippen LogP contribution in [0.2, 0.25) is 0 Å². The highest BCUT2D eigenvalue weighted by atomic mass is 16.7. The molecule has 0 atom stereocenters. The number of carbonyl (C=O) groups excluding carboxylic acids is 1. The van der Waals surface area contributed by atoms with Crippen molar-refractivity contribution >= 4 is 5.78 Å². The van der Waals surface area contributed by atoms with Crippen molar-refractivity contribution in [3.05, 3.63) is 45.9 Å². The first kappa shape index (κ1) is 13.2. The normalized spacial score (nSPS) is 12.5. The molecule has 2 heterocycles. The van der Waals surface area contributed by atoms with Crippen LogP contribution in [-0.2, 0) is 0 Å². The quantitative estimate of drug-likeness (QED) is 0.852. The lowest BCUT2D eigenvalue weighted by Crippen LogP contribution is -2.26. The number of aryl methyl sites for hydroxylation is 1. The molecule has 6 heteroatoms. The third kappa shape index (κ3) is 2.05. The van der Waals surface area contributed by atoms with E-state index in [4.69, 9.17) is 9.47 Å². The molecule has 0 fully saturated rings. The predicted molar refractivity (Wildman–Crippen MR) is 74.6 cm³/mol. The van der Waals surface area contributed by atoms with E-state index in [2.05, 4.69) is 0 Å². The highest BCUT2D eigenvalue weighted by Crippen LogP contribution is 2.33. The molecule has 3 rings (SSSR count). The Morgan fingerprint density at radius 3 is 2.67 bits per heavy atom. The first-order valence-electron chi connectivity index (χ1n) is 6.35. The molecule has 2 aromatic rings. The van der Waals surface area contributed by atoms with Gasteiger partial charge in [0.25, 0.3) is 5.56 Å². The molecule has 0 bridgehead atoms. The summed E-state index contributed by atoms with van der Waals surface area (Å²) < 4.78 is 11.9. The second-order valence-corrected chi connectivity index (χ2v) is 4.78. The van der Waals surface area contributed by atoms with Crippen LogP contribution in [0.3, 0.4) is 0 Å². The van der Waals surface area contributed by atoms with Crippen LogP contribution in [0.25, 0.3) is 5.69 Å². The molecule has 0 spiro atoms. The van der Waals surface area contributed by atoms with Crippen molar-refractivity contribution in [2.75, 3.05) is 6.79 Å². The second kappa shape index (κ2) is 4.66. The lowest BCUT2D eigenvalue weighted by molar-refractivity contribution is 0.101. The van der Waals surface area contributed by atoms with Gasteiger partial charge in [-0.25, -0.2) is 0 Å². The summed E-state index contributed by atoms with van der Waals surface area (Å²) in [7, 11) is 0. The van der Waals surface area contributed by atoms with Gasteiger partial charge < -0.3 is 14.6 Å². The average molecular weight is 287 g/mol. The van der Waals surface area contributed by atoms with Gasteiger partial charge in [0.15, 0.2) is 17.3 Å². The van der Waals surface area contributed by atoms with Gasteiger partial charge in [0.05, 0.1) is 5.69 Å². The Balaban J connectivity index is 2.26. The number of aromatic hydroxyl groups is 1. The number of Topliss-reactive ketones (excluding diaryl/α,β-unsaturated/α-hetero) is 1. The van der Waals surface area contributed by atoms with Gasteiger partial charge in [-0.15, -0.1) is 0 Å². The summed E-state index contributed by atoms with van der Waals surface area (Å²) in [6.07, 6.45) is 0. The van der Waals surface area contributed by atoms with Crippen LogP contribution in [-0.4, -0.2) is 22.2 Å². The van der Waals surface area contributed by atoms with E-state index in [1.54, 1.807) is 25.1 Å². The van der Waals surface area contributed by atoms with E-state index in [9.17, 15) is 14.7 Å². The smallest absolute Gasteiger partial charge is 0.269 e. The fourth-order valence-corrected chi connectivity index (χ4v) is 2.39. The Bertz CT molecular complexity index is 806. The molecule has 1 N–H and O–H groups in total. The number of ether oxygens (including phenoxy) is 2. The van der Waals surface area contributed by atoms with Crippen LogP contribution < -0.4 is 15.0 Å². The Hall–Kier alpha value is -2.76. The van der Waals surface area contributed by atoms with Crippen LogP contribution in [0, 0.1) is 6.92 Å². The van der Waals surface area contributed by atoms with Crippen LogP contribution in [0.1, 0.15) is 23.0 Å². The van der Waals surface area contributed by atoms with Crippen LogP contribution in [0.4, 0.5) is 0 Å². The third-order valence-electron chi connectivity index (χ3n) is 3.34. The largest absolute Gasteiger partial charge is 0.507 e. The molecule has 0 amide bonds. The standard InChI is InChI=1S/C15H13NO5/c1-8-5-11(18)14(9(2)17)15(19)16(8)10-3-4-12-13(6-10)21-7-20-12/h3-6,18H,7H2,1-2H3. The summed E-state index contributed by atoms with van der Waals surface area (Å²) in [4.78, 5) is 24.0. The Kier molecular flexibility index (Phi) is 2.94. The predicted octanol–water partition coefficient (Wildman–Crippen LogP) is 1.78. The van der Waals surface area contributed by atoms with Gasteiger partial charge in [0.2, 0.25) is 6.79 Å². The van der Waals surface area contributed by atoms with Gasteiger partial charge in [-0.05, 0) is 26.0 Å². The molecule has 0 saturated heterocycles. The maximum atomic E-state index is 12.5. The van der Waals surface area contributed by atoms with Crippen molar-refractivity contribution < 1.29 is 19.4 Å². The summed E-state index contributed by atoms with van der Waals surface area (Å²) in [5.74, 6) is 0.361. The fraction of sp³-hybridized carbons (Fsp3) is 0.200. The van der Waals surface area contributed by atoms with E-state index in [1.165, 1.54) is 17.6 Å². The molecule has 21 heavy (non-hydrogen) atoms. The molecule has 1 aliphatic rings. The van der Waals surface area contributed by atoms with Gasteiger partial charge >= 0.3 is 0 Å². The van der Waals surface area contributed by atoms with Gasteiger partial charge in [-0.2, -0.15) is 0 Å². The summed E-state index contributed by atoms with van der Waals surface area (Å²) >= 11 is 0. The van der Waals surface area contributed by atoms with E-state index in [-0.39, 0.29) is 18.1 Å². The number of pyridine rings is 1. The number of hydrogen-bond acceptors (Lipinski definition) is 5. The number of aromatic nitrogens is 1. The Morgan fingerprint density at radius 2 is 1.95 bits per heavy atom. The Labute approximate surface area is 120 Å². The molecule has 1 aliphatic heterocycles. The van der Waals surface area contributed by atoms with Crippen LogP contribution in [0.15, 0.2) is 29.1 Å². The summed E-state index contributed by atoms with van der Waals surface area (Å²) in [5, 5.41) is 9.79. The number of carbonyl (C=O) groups is 1. The van der Waals surface area contributed by atoms with E-state index < -0.39 is 11.3 Å². The zero-order valence-electron chi connectivity index (χ0n) is 11.5. The molecule has 1 aromatic heterocycles. The average Bonchev–Trinajstić information content (AvgIpc) is 2.84. The van der Waals surface area contributed by atoms with Crippen molar-refractivity contribution in [2.24, 2.45) is 0 Å². The molecular formula is C15H13NO5. The first-order chi connectivity index (χ1) is 9.99. The molecule has 108 valence electrons. The van der Waals surface area contributed by atoms with Crippen molar-refractivity contribution in [3.8, 4) is 22.9 Å². The highest BCUT2D eigenvalue weighted by Gasteiger charge is 2.19. The molecule has 6 nitrogen and oxygen atoms in total. The number of nitrogens with zero attached hydrogens (tertiary/aromatic N) is 1. The lowest BCUT2D eigenvalue weighted by Gasteiger charge is -2.13. The van der Waals surface area contributed by atoms with Gasteiger partial charge in [0.1, 0.15) is 11.3 Å². The van der Waals surface area contributed by atoms with E-state index in [0.717, 1.165) is 0 Å². The monoisotopic (exact) mass is 287 g/mol. The van der Waals surface area contributed by atoms with Gasteiger partial charge in [-0.3, -0.25) is 14.2 Å². The van der Waals surface area contributed by atoms with E-state index >= 15 is 0 Å². The van der Waals surface area contributed by atoms with E-state index in [0.29, 0.717) is 22.9 Å². The first-order valence-corrected chi connectivity index (χ1v) is 6.35. The molecule has 0 aliphatic carbocycles. The third-order valence-corrected chi connectivity index (χ3v) is 3.34. The molecule has 0 radical (unpaired) electrons. The minimum absolute atomic E-state index is 0.140. The maximum Gasteiger partial charge on any atom is 0.269 e. The van der Waals surface area contributed by atoms with Gasteiger partial charge in [0, 0.05) is 17.8 Å². The zero-order valence-corrected chi connectivity index (χ0v) is 11.5. The number of rotatable bonds is 2. The minimum atomic E-state index is -0.557. The number of benzene rings is 1. The summed E-state index contributed by atoms with van der Waals surface area (Å²) in [5.41, 5.74) is 0.280. The molecule has 0 unspecified atom stereocenters. The fourth-order valence-electron chi connectivity index (χ4n) is 2.39. The van der Waals surface area contributed by atoms with Crippen molar-refractivity contribution in [3.63, 3.8) is 0 Å². The number of ketones is 1. The highest BCUT2D eigenvalue weighted by molar-refractivity contribution is 5.96. The second-order valence-electron chi connectivity index (χ2n) is 4.78. The zero-order chi connectivity index (χ0) is 15.1. The lowest BCUT2D eigenvalue weighted by atomic mass is 10.1. The van der Waals surface area contributed by atoms with Crippen LogP contribution in [0.5, 0.6) is 17.2 Å². The van der Waals surface area contributed by atoms with Crippen molar-refractivity contribution in [2.45, 2.75) is 13.8 Å². The topological polar surface area (TPSA) is 77.8 Å². The van der Waals surface area contributed by atoms with E-state index in [1.807, 2.05) is 0 Å².